The molecule has 1 N–H and O–H groups in total. The average molecular weight is 440 g/mol. The Balaban J connectivity index is 1.73. The van der Waals surface area contributed by atoms with E-state index in [1.54, 1.807) is 24.3 Å². The Labute approximate surface area is 190 Å². The first-order valence-corrected chi connectivity index (χ1v) is 11.2. The molecule has 0 aliphatic rings. The third-order valence-electron chi connectivity index (χ3n) is 5.12. The van der Waals surface area contributed by atoms with Gasteiger partial charge in [-0.05, 0) is 55.2 Å². The van der Waals surface area contributed by atoms with Gasteiger partial charge in [0.15, 0.2) is 12.4 Å². The van der Waals surface area contributed by atoms with Gasteiger partial charge in [0.05, 0.1) is 13.0 Å². The van der Waals surface area contributed by atoms with Crippen LogP contribution in [-0.2, 0) is 20.7 Å². The number of ether oxygens (including phenoxy) is 2. The van der Waals surface area contributed by atoms with Crippen LogP contribution in [0.4, 0.5) is 5.69 Å². The Hall–Kier alpha value is -3.15. The molecular formula is C26H33NO5. The minimum absolute atomic E-state index is 0.0228. The summed E-state index contributed by atoms with van der Waals surface area (Å²) in [7, 11) is 0. The molecule has 32 heavy (non-hydrogen) atoms. The topological polar surface area (TPSA) is 81.7 Å². The first-order chi connectivity index (χ1) is 15.4. The molecule has 0 unspecified atom stereocenters. The second-order valence-corrected chi connectivity index (χ2v) is 7.67. The van der Waals surface area contributed by atoms with E-state index >= 15 is 0 Å². The highest BCUT2D eigenvalue weighted by Gasteiger charge is 2.14. The molecule has 0 radical (unpaired) electrons. The van der Waals surface area contributed by atoms with E-state index in [1.807, 2.05) is 32.0 Å². The lowest BCUT2D eigenvalue weighted by Gasteiger charge is -2.13. The normalized spacial score (nSPS) is 10.5. The van der Waals surface area contributed by atoms with Crippen LogP contribution in [0.15, 0.2) is 42.5 Å². The van der Waals surface area contributed by atoms with E-state index in [-0.39, 0.29) is 25.2 Å². The summed E-state index contributed by atoms with van der Waals surface area (Å²) < 4.78 is 10.7. The highest BCUT2D eigenvalue weighted by atomic mass is 16.5. The van der Waals surface area contributed by atoms with Crippen LogP contribution >= 0.6 is 0 Å². The minimum atomic E-state index is -0.579. The van der Waals surface area contributed by atoms with E-state index in [4.69, 9.17) is 9.47 Å². The molecule has 2 aromatic carbocycles. The van der Waals surface area contributed by atoms with Crippen molar-refractivity contribution in [1.29, 1.82) is 0 Å². The zero-order chi connectivity index (χ0) is 23.3. The molecule has 0 spiro atoms. The Bertz CT molecular complexity index is 905. The lowest BCUT2D eigenvalue weighted by atomic mass is 10.1. The first-order valence-electron chi connectivity index (χ1n) is 11.2. The van der Waals surface area contributed by atoms with Crippen LogP contribution in [0.5, 0.6) is 5.75 Å². The number of aryl methyl sites for hydroxylation is 2. The van der Waals surface area contributed by atoms with Crippen molar-refractivity contribution in [3.05, 3.63) is 59.2 Å². The van der Waals surface area contributed by atoms with Crippen LogP contribution in [-0.4, -0.2) is 30.9 Å². The van der Waals surface area contributed by atoms with Crippen molar-refractivity contribution in [1.82, 2.24) is 0 Å². The van der Waals surface area contributed by atoms with Crippen molar-refractivity contribution in [2.75, 3.05) is 18.5 Å². The molecule has 0 heterocycles. The molecule has 2 aromatic rings. The maximum Gasteiger partial charge on any atom is 0.306 e. The molecule has 0 aliphatic heterocycles. The van der Waals surface area contributed by atoms with E-state index in [9.17, 15) is 14.4 Å². The average Bonchev–Trinajstić information content (AvgIpc) is 2.80. The van der Waals surface area contributed by atoms with Gasteiger partial charge in [-0.15, -0.1) is 0 Å². The number of para-hydroxylation sites is 1. The summed E-state index contributed by atoms with van der Waals surface area (Å²) in [5.41, 5.74) is 3.24. The Morgan fingerprint density at radius 1 is 0.938 bits per heavy atom. The number of unbranched alkanes of at least 4 members (excludes halogenated alkanes) is 2. The highest BCUT2D eigenvalue weighted by Crippen LogP contribution is 2.21. The third kappa shape index (κ3) is 8.17. The molecule has 0 aliphatic carbocycles. The molecule has 6 heteroatoms. The van der Waals surface area contributed by atoms with E-state index in [0.29, 0.717) is 12.2 Å². The predicted octanol–water partition coefficient (Wildman–Crippen LogP) is 5.27. The van der Waals surface area contributed by atoms with Gasteiger partial charge in [-0.1, -0.05) is 44.9 Å². The van der Waals surface area contributed by atoms with Gasteiger partial charge in [0, 0.05) is 17.7 Å². The van der Waals surface area contributed by atoms with Gasteiger partial charge >= 0.3 is 5.97 Å². The van der Waals surface area contributed by atoms with Crippen LogP contribution in [0.1, 0.15) is 67.4 Å². The standard InChI is InChI=1S/C26H33NO5/c1-4-6-7-17-31-22-13-11-21(12-14-22)23(28)15-16-25(30)32-18-24(29)27-26-19(3)9-8-10-20(26)5-2/h8-14H,4-7,15-18H2,1-3H3,(H,27,29). The maximum absolute atomic E-state index is 12.3. The number of benzene rings is 2. The van der Waals surface area contributed by atoms with Crippen LogP contribution in [0.2, 0.25) is 0 Å². The number of nitrogens with one attached hydrogen (secondary N) is 1. The number of carbonyl (C=O) groups is 3. The second-order valence-electron chi connectivity index (χ2n) is 7.67. The molecule has 0 saturated carbocycles. The number of carbonyl (C=O) groups excluding carboxylic acids is 3. The molecule has 6 nitrogen and oxygen atoms in total. The Morgan fingerprint density at radius 3 is 2.38 bits per heavy atom. The van der Waals surface area contributed by atoms with Gasteiger partial charge in [-0.25, -0.2) is 0 Å². The lowest BCUT2D eigenvalue weighted by molar-refractivity contribution is -0.147. The van der Waals surface area contributed by atoms with Crippen LogP contribution in [0, 0.1) is 6.92 Å². The molecule has 1 amide bonds. The quantitative estimate of drug-likeness (QED) is 0.261. The van der Waals surface area contributed by atoms with Gasteiger partial charge in [0.2, 0.25) is 0 Å². The highest BCUT2D eigenvalue weighted by molar-refractivity contribution is 5.98. The van der Waals surface area contributed by atoms with Crippen molar-refractivity contribution in [2.24, 2.45) is 0 Å². The van der Waals surface area contributed by atoms with Gasteiger partial charge in [0.25, 0.3) is 5.91 Å². The van der Waals surface area contributed by atoms with Gasteiger partial charge in [0.1, 0.15) is 5.75 Å². The molecular weight excluding hydrogens is 406 g/mol. The van der Waals surface area contributed by atoms with Crippen molar-refractivity contribution >= 4 is 23.3 Å². The smallest absolute Gasteiger partial charge is 0.306 e. The summed E-state index contributed by atoms with van der Waals surface area (Å²) in [6, 6.07) is 12.7. The van der Waals surface area contributed by atoms with E-state index in [2.05, 4.69) is 12.2 Å². The number of rotatable bonds is 13. The van der Waals surface area contributed by atoms with E-state index in [1.165, 1.54) is 0 Å². The fourth-order valence-corrected chi connectivity index (χ4v) is 3.23. The summed E-state index contributed by atoms with van der Waals surface area (Å²) in [6.45, 7) is 6.34. The van der Waals surface area contributed by atoms with Crippen LogP contribution in [0.3, 0.4) is 0 Å². The van der Waals surface area contributed by atoms with E-state index < -0.39 is 11.9 Å². The Morgan fingerprint density at radius 2 is 1.69 bits per heavy atom. The number of amides is 1. The maximum atomic E-state index is 12.3. The minimum Gasteiger partial charge on any atom is -0.494 e. The molecule has 0 fully saturated rings. The van der Waals surface area contributed by atoms with Gasteiger partial charge < -0.3 is 14.8 Å². The van der Waals surface area contributed by atoms with Crippen LogP contribution < -0.4 is 10.1 Å². The molecule has 0 bridgehead atoms. The number of ketones is 1. The summed E-state index contributed by atoms with van der Waals surface area (Å²) >= 11 is 0. The van der Waals surface area contributed by atoms with Crippen molar-refractivity contribution in [3.63, 3.8) is 0 Å². The van der Waals surface area contributed by atoms with Gasteiger partial charge in [-0.3, -0.25) is 14.4 Å². The number of hydrogen-bond donors (Lipinski definition) is 1. The summed E-state index contributed by atoms with van der Waals surface area (Å²) in [6.07, 6.45) is 3.99. The van der Waals surface area contributed by atoms with Crippen molar-refractivity contribution in [2.45, 2.75) is 59.3 Å². The number of esters is 1. The van der Waals surface area contributed by atoms with Crippen molar-refractivity contribution < 1.29 is 23.9 Å². The van der Waals surface area contributed by atoms with Crippen molar-refractivity contribution in [3.8, 4) is 5.75 Å². The number of hydrogen-bond acceptors (Lipinski definition) is 5. The molecule has 0 atom stereocenters. The molecule has 0 aromatic heterocycles. The van der Waals surface area contributed by atoms with E-state index in [0.717, 1.165) is 48.2 Å². The van der Waals surface area contributed by atoms with Crippen LogP contribution in [0.25, 0.3) is 0 Å². The molecule has 172 valence electrons. The molecule has 2 rings (SSSR count). The zero-order valence-electron chi connectivity index (χ0n) is 19.2. The summed E-state index contributed by atoms with van der Waals surface area (Å²) in [4.78, 5) is 36.5. The summed E-state index contributed by atoms with van der Waals surface area (Å²) in [5, 5.41) is 2.81. The number of Topliss-reactive ketones (excluding diaryl/α,β-unsaturated/α-hetero) is 1. The number of anilines is 1. The van der Waals surface area contributed by atoms with Gasteiger partial charge in [-0.2, -0.15) is 0 Å². The lowest BCUT2D eigenvalue weighted by Crippen LogP contribution is -2.22. The third-order valence-corrected chi connectivity index (χ3v) is 5.12. The Kier molecular flexibility index (Phi) is 10.4. The molecule has 0 saturated heterocycles. The monoisotopic (exact) mass is 439 g/mol. The SMILES string of the molecule is CCCCCOc1ccc(C(=O)CCC(=O)OCC(=O)Nc2c(C)cccc2CC)cc1. The fraction of sp³-hybridized carbons (Fsp3) is 0.423. The fourth-order valence-electron chi connectivity index (χ4n) is 3.23. The zero-order valence-corrected chi connectivity index (χ0v) is 19.2. The largest absolute Gasteiger partial charge is 0.494 e. The first kappa shape index (κ1) is 25.1. The summed E-state index contributed by atoms with van der Waals surface area (Å²) in [5.74, 6) is -0.410. The second kappa shape index (κ2) is 13.3. The predicted molar refractivity (Wildman–Crippen MR) is 125 cm³/mol.